The molecule has 32 heavy (non-hydrogen) atoms. The number of carbonyl (C=O) groups is 2. The second-order valence-electron chi connectivity index (χ2n) is 7.07. The summed E-state index contributed by atoms with van der Waals surface area (Å²) in [7, 11) is 1.40. The van der Waals surface area contributed by atoms with Crippen molar-refractivity contribution in [2.45, 2.75) is 12.6 Å². The molecule has 1 unspecified atom stereocenters. The Hall–Kier alpha value is -3.42. The van der Waals surface area contributed by atoms with Crippen molar-refractivity contribution in [1.82, 2.24) is 4.90 Å². The van der Waals surface area contributed by atoms with E-state index in [2.05, 4.69) is 0 Å². The third-order valence-corrected chi connectivity index (χ3v) is 5.90. The molecule has 9 heteroatoms. The third-order valence-electron chi connectivity index (χ3n) is 5.16. The van der Waals surface area contributed by atoms with E-state index in [1.165, 1.54) is 48.6 Å². The van der Waals surface area contributed by atoms with E-state index in [0.29, 0.717) is 11.3 Å². The maximum absolute atomic E-state index is 13.0. The molecule has 1 aliphatic rings. The van der Waals surface area contributed by atoms with Crippen LogP contribution in [0.2, 0.25) is 10.0 Å². The Labute approximate surface area is 193 Å². The summed E-state index contributed by atoms with van der Waals surface area (Å²) in [6.07, 6.45) is 1.45. The van der Waals surface area contributed by atoms with Crippen LogP contribution >= 0.6 is 23.2 Å². The topological polar surface area (TPSA) is 100 Å². The van der Waals surface area contributed by atoms with Crippen LogP contribution in [0.3, 0.4) is 0 Å². The lowest BCUT2D eigenvalue weighted by Crippen LogP contribution is -2.29. The van der Waals surface area contributed by atoms with Gasteiger partial charge in [-0.25, -0.2) is 0 Å². The number of rotatable bonds is 5. The zero-order chi connectivity index (χ0) is 23.0. The van der Waals surface area contributed by atoms with Crippen molar-refractivity contribution in [2.24, 2.45) is 0 Å². The fraction of sp³-hybridized carbons (Fsp3) is 0.130. The van der Waals surface area contributed by atoms with Gasteiger partial charge in [0.25, 0.3) is 11.7 Å². The number of phenols is 1. The number of Topliss-reactive ketones (excluding diaryl/α,β-unsaturated/α-hetero) is 1. The van der Waals surface area contributed by atoms with Crippen LogP contribution in [0, 0.1) is 0 Å². The number of hydrogen-bond acceptors (Lipinski definition) is 6. The molecule has 0 spiro atoms. The van der Waals surface area contributed by atoms with Crippen molar-refractivity contribution in [1.29, 1.82) is 0 Å². The highest BCUT2D eigenvalue weighted by atomic mass is 35.5. The Bertz CT molecular complexity index is 1240. The summed E-state index contributed by atoms with van der Waals surface area (Å²) in [5.41, 5.74) is 0.471. The van der Waals surface area contributed by atoms with Crippen LogP contribution in [0.1, 0.15) is 22.9 Å². The van der Waals surface area contributed by atoms with Crippen molar-refractivity contribution < 1.29 is 29.0 Å². The largest absolute Gasteiger partial charge is 0.507 e. The summed E-state index contributed by atoms with van der Waals surface area (Å²) in [5, 5.41) is 21.8. The van der Waals surface area contributed by atoms with Gasteiger partial charge in [-0.15, -0.1) is 0 Å². The zero-order valence-corrected chi connectivity index (χ0v) is 18.2. The second-order valence-corrected chi connectivity index (χ2v) is 7.88. The van der Waals surface area contributed by atoms with Gasteiger partial charge in [0.2, 0.25) is 0 Å². The fourth-order valence-corrected chi connectivity index (χ4v) is 3.93. The summed E-state index contributed by atoms with van der Waals surface area (Å²) in [6, 6.07) is 11.2. The molecule has 1 aliphatic heterocycles. The summed E-state index contributed by atoms with van der Waals surface area (Å²) in [6.45, 7) is -0.0206. The predicted molar refractivity (Wildman–Crippen MR) is 118 cm³/mol. The van der Waals surface area contributed by atoms with Crippen molar-refractivity contribution >= 4 is 40.7 Å². The number of aromatic hydroxyl groups is 1. The molecule has 1 amide bonds. The lowest BCUT2D eigenvalue weighted by Gasteiger charge is -2.25. The van der Waals surface area contributed by atoms with Crippen LogP contribution in [0.15, 0.2) is 64.8 Å². The van der Waals surface area contributed by atoms with Gasteiger partial charge in [0.1, 0.15) is 11.5 Å². The normalized spacial score (nSPS) is 17.7. The first kappa shape index (κ1) is 21.8. The van der Waals surface area contributed by atoms with Gasteiger partial charge >= 0.3 is 0 Å². The van der Waals surface area contributed by atoms with Crippen molar-refractivity contribution in [3.05, 3.63) is 87.3 Å². The molecule has 1 fully saturated rings. The van der Waals surface area contributed by atoms with E-state index in [0.717, 1.165) is 0 Å². The number of aliphatic hydroxyl groups is 1. The quantitative estimate of drug-likeness (QED) is 0.309. The van der Waals surface area contributed by atoms with Gasteiger partial charge < -0.3 is 24.3 Å². The number of halogens is 2. The van der Waals surface area contributed by atoms with Crippen molar-refractivity contribution in [3.63, 3.8) is 0 Å². The van der Waals surface area contributed by atoms with Gasteiger partial charge in [0, 0.05) is 5.56 Å². The van der Waals surface area contributed by atoms with Crippen LogP contribution < -0.4 is 4.74 Å². The van der Waals surface area contributed by atoms with E-state index in [4.69, 9.17) is 32.4 Å². The summed E-state index contributed by atoms with van der Waals surface area (Å²) in [5.74, 6) is -1.61. The smallest absolute Gasteiger partial charge is 0.296 e. The van der Waals surface area contributed by atoms with Crippen LogP contribution in [0.4, 0.5) is 0 Å². The van der Waals surface area contributed by atoms with Crippen LogP contribution in [-0.4, -0.2) is 33.9 Å². The van der Waals surface area contributed by atoms with Gasteiger partial charge in [-0.1, -0.05) is 29.3 Å². The maximum atomic E-state index is 13.0. The number of likely N-dealkylation sites (tertiary alicyclic amines) is 1. The zero-order valence-electron chi connectivity index (χ0n) is 16.7. The first-order valence-corrected chi connectivity index (χ1v) is 10.2. The van der Waals surface area contributed by atoms with Crippen molar-refractivity contribution in [3.8, 4) is 11.5 Å². The molecule has 164 valence electrons. The molecular weight excluding hydrogens is 457 g/mol. The molecule has 4 rings (SSSR count). The Morgan fingerprint density at radius 1 is 1.12 bits per heavy atom. The van der Waals surface area contributed by atoms with E-state index < -0.39 is 23.5 Å². The minimum absolute atomic E-state index is 0.0206. The highest BCUT2D eigenvalue weighted by Crippen LogP contribution is 2.42. The molecule has 0 bridgehead atoms. The van der Waals surface area contributed by atoms with E-state index in [9.17, 15) is 19.8 Å². The molecular formula is C23H17Cl2NO6. The van der Waals surface area contributed by atoms with Crippen LogP contribution in [-0.2, 0) is 16.1 Å². The second kappa shape index (κ2) is 8.61. The lowest BCUT2D eigenvalue weighted by molar-refractivity contribution is -0.140. The van der Waals surface area contributed by atoms with E-state index in [1.807, 2.05) is 0 Å². The SMILES string of the molecule is COc1ccc(C2/C(=C(/O)c3ccc(Cl)c(Cl)c3)C(=O)C(=O)N2Cc2ccco2)cc1O. The molecule has 2 heterocycles. The highest BCUT2D eigenvalue weighted by Gasteiger charge is 2.46. The molecule has 7 nitrogen and oxygen atoms in total. The molecule has 2 N–H and O–H groups in total. The number of carbonyl (C=O) groups excluding carboxylic acids is 2. The first-order chi connectivity index (χ1) is 15.3. The number of phenolic OH excluding ortho intramolecular Hbond substituents is 1. The Kier molecular flexibility index (Phi) is 5.86. The molecule has 3 aromatic rings. The lowest BCUT2D eigenvalue weighted by atomic mass is 9.95. The first-order valence-electron chi connectivity index (χ1n) is 9.45. The Morgan fingerprint density at radius 3 is 2.53 bits per heavy atom. The van der Waals surface area contributed by atoms with E-state index >= 15 is 0 Å². The average Bonchev–Trinajstić information content (AvgIpc) is 3.37. The standard InChI is InChI=1S/C23H17Cl2NO6/c1-31-18-7-5-12(10-17(18)27)20-19(21(28)13-4-6-15(24)16(25)9-13)22(29)23(30)26(20)11-14-3-2-8-32-14/h2-10,20,27-28H,11H2,1H3/b21-19-. The van der Waals surface area contributed by atoms with Gasteiger partial charge in [-0.3, -0.25) is 9.59 Å². The van der Waals surface area contributed by atoms with Crippen LogP contribution in [0.25, 0.3) is 5.76 Å². The molecule has 1 aromatic heterocycles. The van der Waals surface area contributed by atoms with Gasteiger partial charge in [-0.2, -0.15) is 0 Å². The van der Waals surface area contributed by atoms with E-state index in [-0.39, 0.29) is 39.2 Å². The number of hydrogen-bond donors (Lipinski definition) is 2. The molecule has 1 atom stereocenters. The van der Waals surface area contributed by atoms with E-state index in [1.54, 1.807) is 18.2 Å². The molecule has 0 radical (unpaired) electrons. The number of ether oxygens (including phenoxy) is 1. The number of furan rings is 1. The number of benzene rings is 2. The number of aliphatic hydroxyl groups excluding tert-OH is 1. The monoisotopic (exact) mass is 473 g/mol. The summed E-state index contributed by atoms with van der Waals surface area (Å²) in [4.78, 5) is 27.2. The Balaban J connectivity index is 1.89. The van der Waals surface area contributed by atoms with Gasteiger partial charge in [0.15, 0.2) is 11.5 Å². The molecule has 1 saturated heterocycles. The van der Waals surface area contributed by atoms with Gasteiger partial charge in [-0.05, 0) is 48.0 Å². The number of nitrogens with zero attached hydrogens (tertiary/aromatic N) is 1. The van der Waals surface area contributed by atoms with Crippen molar-refractivity contribution in [2.75, 3.05) is 7.11 Å². The van der Waals surface area contributed by atoms with Crippen LogP contribution in [0.5, 0.6) is 11.5 Å². The number of methoxy groups -OCH3 is 1. The molecule has 2 aromatic carbocycles. The highest BCUT2D eigenvalue weighted by molar-refractivity contribution is 6.46. The predicted octanol–water partition coefficient (Wildman–Crippen LogP) is 4.92. The third kappa shape index (κ3) is 3.81. The summed E-state index contributed by atoms with van der Waals surface area (Å²) >= 11 is 12.0. The Morgan fingerprint density at radius 2 is 1.91 bits per heavy atom. The maximum Gasteiger partial charge on any atom is 0.296 e. The number of ketones is 1. The minimum atomic E-state index is -0.994. The number of amides is 1. The summed E-state index contributed by atoms with van der Waals surface area (Å²) < 4.78 is 10.4. The fourth-order valence-electron chi connectivity index (χ4n) is 3.64. The molecule has 0 aliphatic carbocycles. The molecule has 0 saturated carbocycles. The van der Waals surface area contributed by atoms with Gasteiger partial charge in [0.05, 0.1) is 41.6 Å². The average molecular weight is 474 g/mol. The minimum Gasteiger partial charge on any atom is -0.507 e.